The molecule has 4 aromatic rings. The zero-order chi connectivity index (χ0) is 29.2. The van der Waals surface area contributed by atoms with Crippen LogP contribution >= 0.6 is 0 Å². The van der Waals surface area contributed by atoms with Crippen LogP contribution in [0, 0.1) is 0 Å². The molecule has 0 aliphatic heterocycles. The lowest BCUT2D eigenvalue weighted by atomic mass is 10.1. The third kappa shape index (κ3) is 7.24. The van der Waals surface area contributed by atoms with Gasteiger partial charge in [-0.05, 0) is 65.7 Å². The number of hydrazone groups is 1. The van der Waals surface area contributed by atoms with Crippen LogP contribution in [0.25, 0.3) is 10.8 Å². The van der Waals surface area contributed by atoms with E-state index in [1.165, 1.54) is 39.7 Å². The summed E-state index contributed by atoms with van der Waals surface area (Å²) in [5.41, 5.74) is 3.24. The second kappa shape index (κ2) is 13.7. The van der Waals surface area contributed by atoms with Crippen molar-refractivity contribution in [1.82, 2.24) is 5.43 Å². The first-order chi connectivity index (χ1) is 19.9. The van der Waals surface area contributed by atoms with Crippen molar-refractivity contribution in [3.63, 3.8) is 0 Å². The maximum atomic E-state index is 13.0. The first-order valence-electron chi connectivity index (χ1n) is 12.7. The largest absolute Gasteiger partial charge is 0.493 e. The Morgan fingerprint density at radius 1 is 0.780 bits per heavy atom. The Bertz CT molecular complexity index is 1540. The third-order valence-corrected chi connectivity index (χ3v) is 5.86. The first-order valence-corrected chi connectivity index (χ1v) is 12.7. The van der Waals surface area contributed by atoms with Gasteiger partial charge in [-0.1, -0.05) is 30.3 Å². The zero-order valence-electron chi connectivity index (χ0n) is 23.1. The second-order valence-corrected chi connectivity index (χ2v) is 8.53. The van der Waals surface area contributed by atoms with Crippen LogP contribution in [0.2, 0.25) is 0 Å². The molecule has 0 bridgehead atoms. The van der Waals surface area contributed by atoms with E-state index in [0.717, 1.165) is 10.8 Å². The molecule has 10 heteroatoms. The molecular weight excluding hydrogens is 528 g/mol. The van der Waals surface area contributed by atoms with Crippen LogP contribution in [0.1, 0.15) is 22.8 Å². The normalized spacial score (nSPS) is 10.7. The zero-order valence-corrected chi connectivity index (χ0v) is 23.1. The van der Waals surface area contributed by atoms with Crippen molar-refractivity contribution in [3.8, 4) is 34.5 Å². The topological polar surface area (TPSA) is 114 Å². The molecule has 0 fully saturated rings. The number of hydrogen-bond donors (Lipinski definition) is 1. The fraction of sp³-hybridized carbons (Fsp3) is 0.194. The van der Waals surface area contributed by atoms with Crippen LogP contribution in [-0.2, 0) is 4.79 Å². The highest BCUT2D eigenvalue weighted by Gasteiger charge is 2.20. The standard InChI is InChI=1S/C31H30N2O8/c1-5-39-26-14-20(18-32-33-29(34)19-40-24-12-11-21-8-6-7-9-22(21)15-24)10-13-25(26)41-31(35)23-16-27(36-2)30(38-4)28(17-23)37-3/h6-18H,5,19H2,1-4H3,(H,33,34)/b32-18-. The number of carbonyl (C=O) groups is 2. The van der Waals surface area contributed by atoms with Gasteiger partial charge < -0.3 is 28.4 Å². The Morgan fingerprint density at radius 3 is 2.20 bits per heavy atom. The number of ether oxygens (including phenoxy) is 6. The maximum absolute atomic E-state index is 13.0. The lowest BCUT2D eigenvalue weighted by Gasteiger charge is -2.15. The maximum Gasteiger partial charge on any atom is 0.343 e. The first kappa shape index (κ1) is 28.8. The number of methoxy groups -OCH3 is 3. The predicted octanol–water partition coefficient (Wildman–Crippen LogP) is 5.01. The van der Waals surface area contributed by atoms with Crippen molar-refractivity contribution in [2.24, 2.45) is 5.10 Å². The van der Waals surface area contributed by atoms with E-state index in [1.54, 1.807) is 25.1 Å². The molecule has 0 heterocycles. The Morgan fingerprint density at radius 2 is 1.51 bits per heavy atom. The monoisotopic (exact) mass is 558 g/mol. The van der Waals surface area contributed by atoms with Crippen molar-refractivity contribution < 1.29 is 38.0 Å². The van der Waals surface area contributed by atoms with Gasteiger partial charge in [0, 0.05) is 0 Å². The average molecular weight is 559 g/mol. The molecule has 0 spiro atoms. The molecule has 0 radical (unpaired) electrons. The quantitative estimate of drug-likeness (QED) is 0.112. The summed E-state index contributed by atoms with van der Waals surface area (Å²) < 4.78 is 32.8. The lowest BCUT2D eigenvalue weighted by Crippen LogP contribution is -2.24. The van der Waals surface area contributed by atoms with E-state index < -0.39 is 11.9 Å². The number of esters is 1. The van der Waals surface area contributed by atoms with E-state index in [1.807, 2.05) is 42.5 Å². The van der Waals surface area contributed by atoms with E-state index in [-0.39, 0.29) is 17.9 Å². The lowest BCUT2D eigenvalue weighted by molar-refractivity contribution is -0.123. The summed E-state index contributed by atoms with van der Waals surface area (Å²) >= 11 is 0. The smallest absolute Gasteiger partial charge is 0.343 e. The summed E-state index contributed by atoms with van der Waals surface area (Å²) in [5.74, 6) is 1.04. The molecule has 41 heavy (non-hydrogen) atoms. The van der Waals surface area contributed by atoms with Crippen molar-refractivity contribution in [1.29, 1.82) is 0 Å². The van der Waals surface area contributed by atoms with Crippen LogP contribution < -0.4 is 33.8 Å². The molecule has 4 rings (SSSR count). The van der Waals surface area contributed by atoms with Gasteiger partial charge in [-0.2, -0.15) is 5.10 Å². The van der Waals surface area contributed by atoms with Gasteiger partial charge in [-0.25, -0.2) is 10.2 Å². The van der Waals surface area contributed by atoms with Crippen LogP contribution in [0.4, 0.5) is 0 Å². The number of carbonyl (C=O) groups excluding carboxylic acids is 2. The number of rotatable bonds is 12. The Hall–Kier alpha value is -5.25. The summed E-state index contributed by atoms with van der Waals surface area (Å²) in [6.45, 7) is 1.94. The van der Waals surface area contributed by atoms with E-state index >= 15 is 0 Å². The highest BCUT2D eigenvalue weighted by molar-refractivity contribution is 5.93. The summed E-state index contributed by atoms with van der Waals surface area (Å²) in [5, 5.41) is 6.10. The average Bonchev–Trinajstić information content (AvgIpc) is 3.00. The number of amides is 1. The molecule has 0 saturated carbocycles. The minimum absolute atomic E-state index is 0.196. The SMILES string of the molecule is CCOc1cc(/C=N\NC(=O)COc2ccc3ccccc3c2)ccc1OC(=O)c1cc(OC)c(OC)c(OC)c1. The van der Waals surface area contributed by atoms with E-state index in [9.17, 15) is 9.59 Å². The molecule has 1 N–H and O–H groups in total. The molecule has 10 nitrogen and oxygen atoms in total. The minimum atomic E-state index is -0.648. The van der Waals surface area contributed by atoms with Crippen molar-refractivity contribution in [2.45, 2.75) is 6.92 Å². The summed E-state index contributed by atoms with van der Waals surface area (Å²) in [6.07, 6.45) is 1.45. The van der Waals surface area contributed by atoms with Crippen molar-refractivity contribution in [2.75, 3.05) is 34.5 Å². The van der Waals surface area contributed by atoms with Gasteiger partial charge in [-0.15, -0.1) is 0 Å². The Kier molecular flexibility index (Phi) is 9.61. The van der Waals surface area contributed by atoms with E-state index in [0.29, 0.717) is 40.9 Å². The highest BCUT2D eigenvalue weighted by atomic mass is 16.6. The number of fused-ring (bicyclic) bond motifs is 1. The fourth-order valence-corrected chi connectivity index (χ4v) is 3.93. The fourth-order valence-electron chi connectivity index (χ4n) is 3.93. The highest BCUT2D eigenvalue weighted by Crippen LogP contribution is 2.39. The summed E-state index contributed by atoms with van der Waals surface area (Å²) in [4.78, 5) is 25.2. The minimum Gasteiger partial charge on any atom is -0.493 e. The molecule has 0 aromatic heterocycles. The number of nitrogens with zero attached hydrogens (tertiary/aromatic N) is 1. The van der Waals surface area contributed by atoms with E-state index in [2.05, 4.69) is 10.5 Å². The van der Waals surface area contributed by atoms with Gasteiger partial charge in [0.15, 0.2) is 29.6 Å². The van der Waals surface area contributed by atoms with Gasteiger partial charge in [0.25, 0.3) is 5.91 Å². The molecule has 0 unspecified atom stereocenters. The van der Waals surface area contributed by atoms with E-state index in [4.69, 9.17) is 28.4 Å². The molecule has 0 aliphatic rings. The Labute approximate surface area is 237 Å². The molecule has 212 valence electrons. The van der Waals surface area contributed by atoms with Gasteiger partial charge >= 0.3 is 5.97 Å². The van der Waals surface area contributed by atoms with Crippen LogP contribution in [0.3, 0.4) is 0 Å². The number of benzene rings is 4. The Balaban J connectivity index is 1.39. The summed E-state index contributed by atoms with van der Waals surface area (Å²) in [7, 11) is 4.39. The molecule has 0 aliphatic carbocycles. The third-order valence-electron chi connectivity index (χ3n) is 5.86. The van der Waals surface area contributed by atoms with Crippen LogP contribution in [-0.4, -0.2) is 52.6 Å². The molecule has 0 saturated heterocycles. The molecular formula is C31H30N2O8. The van der Waals surface area contributed by atoms with Gasteiger partial charge in [0.05, 0.1) is 39.7 Å². The van der Waals surface area contributed by atoms with Crippen LogP contribution in [0.5, 0.6) is 34.5 Å². The molecule has 1 amide bonds. The number of nitrogens with one attached hydrogen (secondary N) is 1. The van der Waals surface area contributed by atoms with Crippen molar-refractivity contribution >= 4 is 28.9 Å². The molecule has 0 atom stereocenters. The van der Waals surface area contributed by atoms with Gasteiger partial charge in [0.1, 0.15) is 5.75 Å². The van der Waals surface area contributed by atoms with Crippen molar-refractivity contribution in [3.05, 3.63) is 83.9 Å². The number of hydrogen-bond acceptors (Lipinski definition) is 9. The van der Waals surface area contributed by atoms with Gasteiger partial charge in [-0.3, -0.25) is 4.79 Å². The molecule has 4 aromatic carbocycles. The predicted molar refractivity (Wildman–Crippen MR) is 154 cm³/mol. The van der Waals surface area contributed by atoms with Gasteiger partial charge in [0.2, 0.25) is 5.75 Å². The second-order valence-electron chi connectivity index (χ2n) is 8.53. The van der Waals surface area contributed by atoms with Crippen LogP contribution in [0.15, 0.2) is 77.9 Å². The summed E-state index contributed by atoms with van der Waals surface area (Å²) in [6, 6.07) is 21.4.